The normalized spacial score (nSPS) is 33.1. The zero-order chi connectivity index (χ0) is 15.4. The first-order valence-electron chi connectivity index (χ1n) is 7.63. The highest BCUT2D eigenvalue weighted by molar-refractivity contribution is 5.90. The predicted molar refractivity (Wildman–Crippen MR) is 79.6 cm³/mol. The van der Waals surface area contributed by atoms with E-state index in [1.807, 2.05) is 6.92 Å². The Morgan fingerprint density at radius 2 is 2.10 bits per heavy atom. The molecule has 114 valence electrons. The monoisotopic (exact) mass is 289 g/mol. The van der Waals surface area contributed by atoms with Crippen molar-refractivity contribution in [3.8, 4) is 5.88 Å². The molecule has 0 aromatic carbocycles. The van der Waals surface area contributed by atoms with E-state index in [9.17, 15) is 9.90 Å². The van der Waals surface area contributed by atoms with E-state index in [1.54, 1.807) is 12.1 Å². The summed E-state index contributed by atoms with van der Waals surface area (Å²) in [6, 6.07) is 3.30. The number of pyridine rings is 1. The Kier molecular flexibility index (Phi) is 3.05. The highest BCUT2D eigenvalue weighted by Gasteiger charge is 2.62. The highest BCUT2D eigenvalue weighted by Crippen LogP contribution is 2.66. The molecule has 0 spiro atoms. The molecule has 0 radical (unpaired) electrons. The summed E-state index contributed by atoms with van der Waals surface area (Å²) in [4.78, 5) is 15.7. The number of carbonyl (C=O) groups is 1. The van der Waals surface area contributed by atoms with Crippen molar-refractivity contribution in [2.45, 2.75) is 53.1 Å². The lowest BCUT2D eigenvalue weighted by Gasteiger charge is -2.38. The van der Waals surface area contributed by atoms with Crippen LogP contribution in [0.4, 0.5) is 0 Å². The zero-order valence-electron chi connectivity index (χ0n) is 13.1. The maximum Gasteiger partial charge on any atom is 0.341 e. The van der Waals surface area contributed by atoms with Gasteiger partial charge in [0.2, 0.25) is 5.88 Å². The van der Waals surface area contributed by atoms with E-state index in [4.69, 9.17) is 4.74 Å². The first-order valence-corrected chi connectivity index (χ1v) is 7.63. The molecule has 1 aromatic heterocycles. The molecule has 1 aromatic rings. The van der Waals surface area contributed by atoms with Crippen LogP contribution in [0.5, 0.6) is 5.88 Å². The maximum atomic E-state index is 11.4. The van der Waals surface area contributed by atoms with Crippen LogP contribution in [0.1, 0.15) is 56.1 Å². The molecule has 2 aliphatic carbocycles. The third-order valence-corrected chi connectivity index (χ3v) is 6.20. The summed E-state index contributed by atoms with van der Waals surface area (Å²) in [5, 5.41) is 9.31. The van der Waals surface area contributed by atoms with Gasteiger partial charge in [-0.25, -0.2) is 9.78 Å². The molecular weight excluding hydrogens is 266 g/mol. The number of carboxylic acids is 1. The molecule has 0 saturated heterocycles. The van der Waals surface area contributed by atoms with Crippen LogP contribution in [-0.4, -0.2) is 22.2 Å². The molecule has 0 amide bonds. The van der Waals surface area contributed by atoms with E-state index in [0.717, 1.165) is 18.5 Å². The number of aromatic nitrogens is 1. The fraction of sp³-hybridized carbons (Fsp3) is 0.647. The lowest BCUT2D eigenvalue weighted by molar-refractivity contribution is 0.0258. The average Bonchev–Trinajstić information content (AvgIpc) is 2.71. The molecule has 2 fully saturated rings. The lowest BCUT2D eigenvalue weighted by Crippen LogP contribution is -2.39. The highest BCUT2D eigenvalue weighted by atomic mass is 16.5. The van der Waals surface area contributed by atoms with Crippen molar-refractivity contribution in [3.05, 3.63) is 23.4 Å². The van der Waals surface area contributed by atoms with Gasteiger partial charge in [-0.2, -0.15) is 0 Å². The van der Waals surface area contributed by atoms with Crippen molar-refractivity contribution in [1.29, 1.82) is 0 Å². The van der Waals surface area contributed by atoms with Gasteiger partial charge < -0.3 is 9.84 Å². The largest absolute Gasteiger partial charge is 0.477 e. The Balaban J connectivity index is 1.92. The van der Waals surface area contributed by atoms with Gasteiger partial charge in [0.05, 0.1) is 0 Å². The fourth-order valence-corrected chi connectivity index (χ4v) is 4.23. The number of nitrogens with zero attached hydrogens (tertiary/aromatic N) is 1. The van der Waals surface area contributed by atoms with Gasteiger partial charge in [0.25, 0.3) is 0 Å². The van der Waals surface area contributed by atoms with Gasteiger partial charge in [-0.15, -0.1) is 0 Å². The van der Waals surface area contributed by atoms with Crippen molar-refractivity contribution in [1.82, 2.24) is 4.98 Å². The van der Waals surface area contributed by atoms with E-state index in [-0.39, 0.29) is 28.4 Å². The molecule has 21 heavy (non-hydrogen) atoms. The van der Waals surface area contributed by atoms with Crippen molar-refractivity contribution >= 4 is 5.97 Å². The first kappa shape index (κ1) is 14.4. The Labute approximate surface area is 125 Å². The number of fused-ring (bicyclic) bond motifs is 2. The zero-order valence-corrected chi connectivity index (χ0v) is 13.1. The van der Waals surface area contributed by atoms with Crippen molar-refractivity contribution in [2.24, 2.45) is 16.7 Å². The van der Waals surface area contributed by atoms with Crippen LogP contribution < -0.4 is 4.74 Å². The quantitative estimate of drug-likeness (QED) is 0.922. The molecule has 4 nitrogen and oxygen atoms in total. The number of aryl methyl sites for hydroxylation is 1. The number of rotatable bonds is 3. The third-order valence-electron chi connectivity index (χ3n) is 6.20. The van der Waals surface area contributed by atoms with Crippen LogP contribution in [0, 0.1) is 23.7 Å². The van der Waals surface area contributed by atoms with Crippen molar-refractivity contribution in [2.75, 3.05) is 0 Å². The van der Waals surface area contributed by atoms with Gasteiger partial charge in [0, 0.05) is 11.1 Å². The van der Waals surface area contributed by atoms with Crippen LogP contribution in [-0.2, 0) is 0 Å². The van der Waals surface area contributed by atoms with E-state index in [2.05, 4.69) is 25.8 Å². The summed E-state index contributed by atoms with van der Waals surface area (Å²) in [5.41, 5.74) is 1.27. The van der Waals surface area contributed by atoms with E-state index in [1.165, 1.54) is 6.42 Å². The number of hydrogen-bond acceptors (Lipinski definition) is 3. The molecule has 2 saturated carbocycles. The van der Waals surface area contributed by atoms with Gasteiger partial charge in [-0.05, 0) is 49.7 Å². The predicted octanol–water partition coefficient (Wildman–Crippen LogP) is 3.68. The molecule has 3 rings (SSSR count). The third kappa shape index (κ3) is 1.95. The van der Waals surface area contributed by atoms with Gasteiger partial charge >= 0.3 is 5.97 Å². The SMILES string of the molecule is Cc1ccc(C(=O)O)c(OC2CC3CCC2(C)C3(C)C)n1. The van der Waals surface area contributed by atoms with Crippen LogP contribution in [0.3, 0.4) is 0 Å². The number of aromatic carboxylic acids is 1. The van der Waals surface area contributed by atoms with Crippen LogP contribution in [0.25, 0.3) is 0 Å². The molecule has 4 heteroatoms. The maximum absolute atomic E-state index is 11.4. The van der Waals surface area contributed by atoms with Gasteiger partial charge in [-0.3, -0.25) is 0 Å². The molecule has 2 bridgehead atoms. The Bertz CT molecular complexity index is 596. The van der Waals surface area contributed by atoms with E-state index >= 15 is 0 Å². The first-order chi connectivity index (χ1) is 9.75. The minimum atomic E-state index is -0.981. The van der Waals surface area contributed by atoms with Crippen LogP contribution in [0.2, 0.25) is 0 Å². The number of ether oxygens (including phenoxy) is 1. The summed E-state index contributed by atoms with van der Waals surface area (Å²) >= 11 is 0. The summed E-state index contributed by atoms with van der Waals surface area (Å²) in [6.07, 6.45) is 3.44. The van der Waals surface area contributed by atoms with E-state index in [0.29, 0.717) is 5.92 Å². The minimum absolute atomic E-state index is 0.0543. The van der Waals surface area contributed by atoms with E-state index < -0.39 is 5.97 Å². The lowest BCUT2D eigenvalue weighted by atomic mass is 9.70. The second-order valence-electron chi connectivity index (χ2n) is 7.33. The smallest absolute Gasteiger partial charge is 0.341 e. The Morgan fingerprint density at radius 1 is 1.38 bits per heavy atom. The molecule has 0 aliphatic heterocycles. The second kappa shape index (κ2) is 4.46. The molecule has 3 atom stereocenters. The molecule has 1 N–H and O–H groups in total. The summed E-state index contributed by atoms with van der Waals surface area (Å²) < 4.78 is 6.13. The molecular formula is C17H23NO3. The molecule has 3 unspecified atom stereocenters. The molecule has 2 aliphatic rings. The Morgan fingerprint density at radius 3 is 2.62 bits per heavy atom. The average molecular weight is 289 g/mol. The topological polar surface area (TPSA) is 59.4 Å². The fourth-order valence-electron chi connectivity index (χ4n) is 4.23. The Hall–Kier alpha value is -1.58. The number of carboxylic acid groups (broad SMARTS) is 1. The summed E-state index contributed by atoms with van der Waals surface area (Å²) in [6.45, 7) is 8.76. The van der Waals surface area contributed by atoms with Crippen LogP contribution >= 0.6 is 0 Å². The summed E-state index contributed by atoms with van der Waals surface area (Å²) in [5.74, 6) is -0.0484. The minimum Gasteiger partial charge on any atom is -0.477 e. The van der Waals surface area contributed by atoms with Gasteiger partial charge in [-0.1, -0.05) is 20.8 Å². The van der Waals surface area contributed by atoms with Crippen LogP contribution in [0.15, 0.2) is 12.1 Å². The molecule has 1 heterocycles. The summed E-state index contributed by atoms with van der Waals surface area (Å²) in [7, 11) is 0. The van der Waals surface area contributed by atoms with Gasteiger partial charge in [0.1, 0.15) is 11.7 Å². The second-order valence-corrected chi connectivity index (χ2v) is 7.33. The van der Waals surface area contributed by atoms with Crippen molar-refractivity contribution in [3.63, 3.8) is 0 Å². The van der Waals surface area contributed by atoms with Gasteiger partial charge in [0.15, 0.2) is 0 Å². The van der Waals surface area contributed by atoms with Crippen molar-refractivity contribution < 1.29 is 14.6 Å². The number of hydrogen-bond donors (Lipinski definition) is 1. The standard InChI is InChI=1S/C17H23NO3/c1-10-5-6-12(15(19)20)14(18-10)21-13-9-11-7-8-17(13,4)16(11,2)3/h5-6,11,13H,7-9H2,1-4H3,(H,19,20).